The van der Waals surface area contributed by atoms with Gasteiger partial charge in [0, 0.05) is 0 Å². The van der Waals surface area contributed by atoms with E-state index >= 15 is 0 Å². The summed E-state index contributed by atoms with van der Waals surface area (Å²) in [5.41, 5.74) is 0. The number of amides is 1. The van der Waals surface area contributed by atoms with Crippen LogP contribution in [0.5, 0.6) is 0 Å². The third-order valence-corrected chi connectivity index (χ3v) is 2.54. The van der Waals surface area contributed by atoms with E-state index in [4.69, 9.17) is 20.4 Å². The molecule has 17 heavy (non-hydrogen) atoms. The smallest absolute Gasteiger partial charge is 0.287 e. The molecule has 1 amide bonds. The summed E-state index contributed by atoms with van der Waals surface area (Å²) < 4.78 is 10.4. The van der Waals surface area contributed by atoms with E-state index in [2.05, 4.69) is 5.32 Å². The predicted octanol–water partition coefficient (Wildman–Crippen LogP) is 3.33. The highest BCUT2D eigenvalue weighted by atomic mass is 35.5. The summed E-state index contributed by atoms with van der Waals surface area (Å²) in [5.74, 6) is 1.37. The number of nitrogens with one attached hydrogen (secondary N) is 1. The normalized spacial score (nSPS) is 12.4. The van der Waals surface area contributed by atoms with Crippen LogP contribution in [-0.4, -0.2) is 5.91 Å². The van der Waals surface area contributed by atoms with Gasteiger partial charge in [-0.15, -0.1) is 0 Å². The van der Waals surface area contributed by atoms with Crippen molar-refractivity contribution in [1.82, 2.24) is 5.32 Å². The number of halogens is 1. The molecule has 5 heteroatoms. The Morgan fingerprint density at radius 3 is 2.59 bits per heavy atom. The molecule has 2 heterocycles. The summed E-state index contributed by atoms with van der Waals surface area (Å²) in [5, 5.41) is 2.95. The van der Waals surface area contributed by atoms with Crippen molar-refractivity contribution in [3.05, 3.63) is 46.8 Å². The van der Waals surface area contributed by atoms with Crippen molar-refractivity contribution in [1.29, 1.82) is 0 Å². The largest absolute Gasteiger partial charge is 0.464 e. The molecule has 0 saturated carbocycles. The number of furan rings is 2. The van der Waals surface area contributed by atoms with Crippen molar-refractivity contribution in [2.24, 2.45) is 0 Å². The molecule has 0 fully saturated rings. The average molecular weight is 254 g/mol. The van der Waals surface area contributed by atoms with Crippen molar-refractivity contribution in [2.75, 3.05) is 0 Å². The minimum atomic E-state index is -0.321. The number of carbonyl (C=O) groups excluding carboxylic acids is 1. The van der Waals surface area contributed by atoms with Gasteiger partial charge in [0.15, 0.2) is 11.0 Å². The van der Waals surface area contributed by atoms with Crippen molar-refractivity contribution < 1.29 is 13.6 Å². The zero-order chi connectivity index (χ0) is 12.4. The van der Waals surface area contributed by atoms with Crippen molar-refractivity contribution in [2.45, 2.75) is 19.9 Å². The maximum Gasteiger partial charge on any atom is 0.287 e. The van der Waals surface area contributed by atoms with E-state index in [1.807, 2.05) is 26.0 Å². The molecule has 1 atom stereocenters. The number of hydrogen-bond acceptors (Lipinski definition) is 3. The Labute approximate surface area is 104 Å². The van der Waals surface area contributed by atoms with Crippen LogP contribution in [-0.2, 0) is 0 Å². The Morgan fingerprint density at radius 2 is 2.06 bits per heavy atom. The molecule has 0 aliphatic heterocycles. The monoisotopic (exact) mass is 253 g/mol. The second kappa shape index (κ2) is 4.67. The van der Waals surface area contributed by atoms with E-state index < -0.39 is 0 Å². The van der Waals surface area contributed by atoms with Gasteiger partial charge in [-0.2, -0.15) is 0 Å². The zero-order valence-electron chi connectivity index (χ0n) is 9.49. The number of carbonyl (C=O) groups is 1. The molecule has 4 nitrogen and oxygen atoms in total. The Kier molecular flexibility index (Phi) is 3.24. The molecule has 0 spiro atoms. The third-order valence-electron chi connectivity index (χ3n) is 2.33. The summed E-state index contributed by atoms with van der Waals surface area (Å²) in [7, 11) is 0. The van der Waals surface area contributed by atoms with Crippen LogP contribution in [0.2, 0.25) is 5.22 Å². The SMILES string of the molecule is Cc1ccc(C(C)NC(=O)c2ccc(Cl)o2)o1. The Bertz CT molecular complexity index is 529. The first kappa shape index (κ1) is 11.8. The van der Waals surface area contributed by atoms with Gasteiger partial charge in [-0.05, 0) is 49.7 Å². The van der Waals surface area contributed by atoms with E-state index in [9.17, 15) is 4.79 Å². The molecular formula is C12H12ClNO3. The van der Waals surface area contributed by atoms with E-state index in [0.29, 0.717) is 5.76 Å². The van der Waals surface area contributed by atoms with Gasteiger partial charge in [0.05, 0.1) is 6.04 Å². The molecule has 2 aromatic rings. The third kappa shape index (κ3) is 2.71. The maximum absolute atomic E-state index is 11.7. The molecule has 0 bridgehead atoms. The summed E-state index contributed by atoms with van der Waals surface area (Å²) in [4.78, 5) is 11.7. The number of aryl methyl sites for hydroxylation is 1. The fourth-order valence-electron chi connectivity index (χ4n) is 1.46. The van der Waals surface area contributed by atoms with Gasteiger partial charge in [0.1, 0.15) is 11.5 Å². The minimum Gasteiger partial charge on any atom is -0.464 e. The van der Waals surface area contributed by atoms with Crippen molar-refractivity contribution in [3.63, 3.8) is 0 Å². The van der Waals surface area contributed by atoms with Crippen LogP contribution in [0, 0.1) is 6.92 Å². The topological polar surface area (TPSA) is 55.4 Å². The van der Waals surface area contributed by atoms with Crippen molar-refractivity contribution in [3.8, 4) is 0 Å². The first-order chi connectivity index (χ1) is 8.06. The summed E-state index contributed by atoms with van der Waals surface area (Å²) in [6.07, 6.45) is 0. The van der Waals surface area contributed by atoms with Gasteiger partial charge < -0.3 is 14.2 Å². The molecular weight excluding hydrogens is 242 g/mol. The van der Waals surface area contributed by atoms with Gasteiger partial charge in [-0.25, -0.2) is 0 Å². The lowest BCUT2D eigenvalue weighted by atomic mass is 10.2. The lowest BCUT2D eigenvalue weighted by molar-refractivity contribution is 0.0907. The minimum absolute atomic E-state index is 0.185. The van der Waals surface area contributed by atoms with Crippen LogP contribution in [0.15, 0.2) is 33.1 Å². The number of rotatable bonds is 3. The second-order valence-corrected chi connectivity index (χ2v) is 4.12. The van der Waals surface area contributed by atoms with Crippen LogP contribution < -0.4 is 5.32 Å². The standard InChI is InChI=1S/C12H12ClNO3/c1-7-3-4-9(16-7)8(2)14-12(15)10-5-6-11(13)17-10/h3-6,8H,1-2H3,(H,14,15). The molecule has 2 rings (SSSR count). The predicted molar refractivity (Wildman–Crippen MR) is 63.0 cm³/mol. The van der Waals surface area contributed by atoms with Crippen LogP contribution in [0.25, 0.3) is 0 Å². The molecule has 1 unspecified atom stereocenters. The highest BCUT2D eigenvalue weighted by Crippen LogP contribution is 2.17. The first-order valence-corrected chi connectivity index (χ1v) is 5.56. The van der Waals surface area contributed by atoms with E-state index in [1.54, 1.807) is 0 Å². The van der Waals surface area contributed by atoms with E-state index in [-0.39, 0.29) is 22.9 Å². The van der Waals surface area contributed by atoms with Gasteiger partial charge in [0.2, 0.25) is 0 Å². The molecule has 0 aliphatic carbocycles. The molecule has 0 radical (unpaired) electrons. The van der Waals surface area contributed by atoms with E-state index in [1.165, 1.54) is 12.1 Å². The van der Waals surface area contributed by atoms with Gasteiger partial charge in [0.25, 0.3) is 5.91 Å². The molecule has 2 aromatic heterocycles. The molecule has 0 aromatic carbocycles. The number of hydrogen-bond donors (Lipinski definition) is 1. The fraction of sp³-hybridized carbons (Fsp3) is 0.250. The average Bonchev–Trinajstić information content (AvgIpc) is 2.87. The second-order valence-electron chi connectivity index (χ2n) is 3.75. The van der Waals surface area contributed by atoms with Crippen LogP contribution in [0.4, 0.5) is 0 Å². The summed E-state index contributed by atoms with van der Waals surface area (Å²) in [6.45, 7) is 3.69. The van der Waals surface area contributed by atoms with Gasteiger partial charge >= 0.3 is 0 Å². The molecule has 1 N–H and O–H groups in total. The van der Waals surface area contributed by atoms with Crippen LogP contribution >= 0.6 is 11.6 Å². The quantitative estimate of drug-likeness (QED) is 0.913. The van der Waals surface area contributed by atoms with Gasteiger partial charge in [-0.3, -0.25) is 4.79 Å². The maximum atomic E-state index is 11.7. The first-order valence-electron chi connectivity index (χ1n) is 5.19. The van der Waals surface area contributed by atoms with Crippen molar-refractivity contribution >= 4 is 17.5 Å². The Morgan fingerprint density at radius 1 is 1.29 bits per heavy atom. The molecule has 0 aliphatic rings. The van der Waals surface area contributed by atoms with Crippen LogP contribution in [0.3, 0.4) is 0 Å². The van der Waals surface area contributed by atoms with Crippen LogP contribution in [0.1, 0.15) is 35.0 Å². The van der Waals surface area contributed by atoms with E-state index in [0.717, 1.165) is 5.76 Å². The fourth-order valence-corrected chi connectivity index (χ4v) is 1.61. The zero-order valence-corrected chi connectivity index (χ0v) is 10.2. The Hall–Kier alpha value is -1.68. The molecule has 0 saturated heterocycles. The molecule has 90 valence electrons. The van der Waals surface area contributed by atoms with Gasteiger partial charge in [-0.1, -0.05) is 0 Å². The highest BCUT2D eigenvalue weighted by Gasteiger charge is 2.16. The Balaban J connectivity index is 2.04. The lowest BCUT2D eigenvalue weighted by Crippen LogP contribution is -2.25. The summed E-state index contributed by atoms with van der Waals surface area (Å²) in [6, 6.07) is 6.51. The lowest BCUT2D eigenvalue weighted by Gasteiger charge is -2.09. The summed E-state index contributed by atoms with van der Waals surface area (Å²) >= 11 is 5.60. The highest BCUT2D eigenvalue weighted by molar-refractivity contribution is 6.29.